The average Bonchev–Trinajstić information content (AvgIpc) is 2.40. The summed E-state index contributed by atoms with van der Waals surface area (Å²) in [5.74, 6) is -0.290. The third-order valence-corrected chi connectivity index (χ3v) is 3.55. The number of hydrogen-bond donors (Lipinski definition) is 3. The maximum Gasteiger partial charge on any atom is 0.232 e. The van der Waals surface area contributed by atoms with E-state index in [-0.39, 0.29) is 5.78 Å². The van der Waals surface area contributed by atoms with E-state index in [1.54, 1.807) is 30.3 Å². The number of benzene rings is 1. The number of pyridine rings is 1. The quantitative estimate of drug-likeness (QED) is 0.567. The van der Waals surface area contributed by atoms with Gasteiger partial charge in [0.1, 0.15) is 6.04 Å². The van der Waals surface area contributed by atoms with Crippen molar-refractivity contribution in [3.05, 3.63) is 41.6 Å². The second-order valence-corrected chi connectivity index (χ2v) is 5.18. The Balaban J connectivity index is 2.11. The first-order valence-electron chi connectivity index (χ1n) is 5.84. The lowest BCUT2D eigenvalue weighted by atomic mass is 9.95. The fourth-order valence-electron chi connectivity index (χ4n) is 2.18. The number of nitrogens with zero attached hydrogens (tertiary/aromatic N) is 1. The predicted molar refractivity (Wildman–Crippen MR) is 77.2 cm³/mol. The Morgan fingerprint density at radius 1 is 1.35 bits per heavy atom. The molecule has 1 heterocycles. The molecule has 0 fully saturated rings. The minimum atomic E-state index is -2.25. The van der Waals surface area contributed by atoms with Crippen molar-refractivity contribution < 1.29 is 13.6 Å². The van der Waals surface area contributed by atoms with Gasteiger partial charge in [0.05, 0.1) is 11.2 Å². The van der Waals surface area contributed by atoms with Crippen LogP contribution in [0, 0.1) is 0 Å². The van der Waals surface area contributed by atoms with E-state index >= 15 is 0 Å². The van der Waals surface area contributed by atoms with E-state index in [2.05, 4.69) is 9.71 Å². The van der Waals surface area contributed by atoms with Crippen molar-refractivity contribution in [1.82, 2.24) is 9.71 Å². The van der Waals surface area contributed by atoms with E-state index in [9.17, 15) is 9.00 Å². The SMILES string of the molecule is Nc1ccc2nc3c(cc2c1)C(=O)C(NS(=O)O)C=C3. The molecule has 0 aliphatic heterocycles. The Morgan fingerprint density at radius 3 is 2.90 bits per heavy atom. The van der Waals surface area contributed by atoms with E-state index in [4.69, 9.17) is 10.3 Å². The Kier molecular flexibility index (Phi) is 3.09. The van der Waals surface area contributed by atoms with Crippen LogP contribution in [0.3, 0.4) is 0 Å². The Morgan fingerprint density at radius 2 is 2.15 bits per heavy atom. The summed E-state index contributed by atoms with van der Waals surface area (Å²) in [5, 5.41) is 0.760. The van der Waals surface area contributed by atoms with Gasteiger partial charge in [0.25, 0.3) is 0 Å². The zero-order valence-corrected chi connectivity index (χ0v) is 11.1. The number of aromatic nitrogens is 1. The van der Waals surface area contributed by atoms with Gasteiger partial charge in [-0.25, -0.2) is 9.19 Å². The van der Waals surface area contributed by atoms with Crippen LogP contribution < -0.4 is 10.5 Å². The summed E-state index contributed by atoms with van der Waals surface area (Å²) in [5.41, 5.74) is 8.01. The highest BCUT2D eigenvalue weighted by Gasteiger charge is 2.25. The molecule has 2 atom stereocenters. The standard InChI is InChI=1S/C13H11N3O3S/c14-8-1-2-10-7(5-8)6-9-11(15-10)3-4-12(13(9)17)16-20(18)19/h1-6,12,16H,14H2,(H,18,19). The lowest BCUT2D eigenvalue weighted by Gasteiger charge is -2.17. The number of ketones is 1. The topological polar surface area (TPSA) is 105 Å². The number of nitrogens with one attached hydrogen (secondary N) is 1. The second kappa shape index (κ2) is 4.78. The molecule has 0 saturated carbocycles. The normalized spacial score (nSPS) is 19.1. The number of anilines is 1. The van der Waals surface area contributed by atoms with Gasteiger partial charge < -0.3 is 5.73 Å². The monoisotopic (exact) mass is 289 g/mol. The van der Waals surface area contributed by atoms with Crippen LogP contribution in [-0.4, -0.2) is 25.6 Å². The fraction of sp³-hybridized carbons (Fsp3) is 0.0769. The minimum Gasteiger partial charge on any atom is -0.399 e. The van der Waals surface area contributed by atoms with Crippen LogP contribution >= 0.6 is 0 Å². The molecule has 1 aliphatic carbocycles. The van der Waals surface area contributed by atoms with Gasteiger partial charge in [-0.3, -0.25) is 9.35 Å². The van der Waals surface area contributed by atoms with Gasteiger partial charge in [-0.1, -0.05) is 6.08 Å². The first-order chi connectivity index (χ1) is 9.54. The number of hydrogen-bond acceptors (Lipinski definition) is 4. The van der Waals surface area contributed by atoms with E-state index in [0.29, 0.717) is 16.9 Å². The number of rotatable bonds is 2. The molecule has 0 bridgehead atoms. The zero-order chi connectivity index (χ0) is 14.3. The van der Waals surface area contributed by atoms with Gasteiger partial charge in [-0.2, -0.15) is 4.72 Å². The van der Waals surface area contributed by atoms with Crippen molar-refractivity contribution in [2.45, 2.75) is 6.04 Å². The highest BCUT2D eigenvalue weighted by atomic mass is 32.2. The van der Waals surface area contributed by atoms with E-state index in [1.165, 1.54) is 6.08 Å². The van der Waals surface area contributed by atoms with Crippen LogP contribution in [0.15, 0.2) is 30.3 Å². The molecule has 1 aliphatic rings. The number of nitrogens with two attached hydrogens (primary N) is 1. The number of fused-ring (bicyclic) bond motifs is 2. The molecular weight excluding hydrogens is 278 g/mol. The van der Waals surface area contributed by atoms with Crippen LogP contribution in [0.4, 0.5) is 5.69 Å². The number of nitrogen functional groups attached to an aromatic ring is 1. The molecule has 2 unspecified atom stereocenters. The van der Waals surface area contributed by atoms with Gasteiger partial charge >= 0.3 is 0 Å². The molecule has 102 valence electrons. The molecule has 3 rings (SSSR count). The summed E-state index contributed by atoms with van der Waals surface area (Å²) in [6.07, 6.45) is 3.19. The first-order valence-corrected chi connectivity index (χ1v) is 6.95. The van der Waals surface area contributed by atoms with Crippen molar-refractivity contribution in [2.75, 3.05) is 5.73 Å². The lowest BCUT2D eigenvalue weighted by Crippen LogP contribution is -2.37. The third kappa shape index (κ3) is 2.22. The van der Waals surface area contributed by atoms with Crippen molar-refractivity contribution in [3.63, 3.8) is 0 Å². The van der Waals surface area contributed by atoms with Gasteiger partial charge in [0.15, 0.2) is 5.78 Å². The minimum absolute atomic E-state index is 0.290. The predicted octanol–water partition coefficient (Wildman–Crippen LogP) is 1.12. The highest BCUT2D eigenvalue weighted by Crippen LogP contribution is 2.24. The van der Waals surface area contributed by atoms with Crippen molar-refractivity contribution in [1.29, 1.82) is 0 Å². The van der Waals surface area contributed by atoms with Crippen molar-refractivity contribution in [3.8, 4) is 0 Å². The van der Waals surface area contributed by atoms with Gasteiger partial charge in [-0.05, 0) is 30.3 Å². The lowest BCUT2D eigenvalue weighted by molar-refractivity contribution is 0.0970. The van der Waals surface area contributed by atoms with E-state index in [1.807, 2.05) is 0 Å². The Labute approximate surface area is 117 Å². The van der Waals surface area contributed by atoms with Gasteiger partial charge in [0.2, 0.25) is 11.3 Å². The molecule has 7 heteroatoms. The Hall–Kier alpha value is -2.09. The molecule has 2 aromatic rings. The highest BCUT2D eigenvalue weighted by molar-refractivity contribution is 7.77. The van der Waals surface area contributed by atoms with Crippen LogP contribution in [-0.2, 0) is 11.3 Å². The second-order valence-electron chi connectivity index (χ2n) is 4.44. The maximum atomic E-state index is 12.3. The molecule has 1 aromatic carbocycles. The van der Waals surface area contributed by atoms with Crippen LogP contribution in [0.5, 0.6) is 0 Å². The summed E-state index contributed by atoms with van der Waals surface area (Å²) in [6, 6.07) is 6.15. The molecule has 0 amide bonds. The van der Waals surface area contributed by atoms with E-state index < -0.39 is 17.3 Å². The molecule has 20 heavy (non-hydrogen) atoms. The first kappa shape index (κ1) is 12.9. The van der Waals surface area contributed by atoms with Crippen LogP contribution in [0.2, 0.25) is 0 Å². The molecule has 4 N–H and O–H groups in total. The average molecular weight is 289 g/mol. The molecule has 6 nitrogen and oxygen atoms in total. The van der Waals surface area contributed by atoms with Gasteiger partial charge in [0, 0.05) is 16.6 Å². The van der Waals surface area contributed by atoms with Crippen LogP contribution in [0.1, 0.15) is 16.1 Å². The fourth-order valence-corrected chi connectivity index (χ4v) is 2.58. The number of carbonyl (C=O) groups is 1. The molecule has 0 spiro atoms. The summed E-state index contributed by atoms with van der Waals surface area (Å²) < 4.78 is 21.9. The summed E-state index contributed by atoms with van der Waals surface area (Å²) in [6.45, 7) is 0. The largest absolute Gasteiger partial charge is 0.399 e. The van der Waals surface area contributed by atoms with Gasteiger partial charge in [-0.15, -0.1) is 0 Å². The summed E-state index contributed by atoms with van der Waals surface area (Å²) in [4.78, 5) is 16.6. The molecule has 0 saturated heterocycles. The third-order valence-electron chi connectivity index (χ3n) is 3.09. The Bertz CT molecular complexity index is 773. The van der Waals surface area contributed by atoms with E-state index in [0.717, 1.165) is 10.9 Å². The molecule has 0 radical (unpaired) electrons. The molecule has 1 aromatic heterocycles. The van der Waals surface area contributed by atoms with Crippen molar-refractivity contribution in [2.24, 2.45) is 0 Å². The van der Waals surface area contributed by atoms with Crippen molar-refractivity contribution >= 4 is 39.7 Å². The smallest absolute Gasteiger partial charge is 0.232 e. The summed E-state index contributed by atoms with van der Waals surface area (Å²) in [7, 11) is 0. The molecular formula is C13H11N3O3S. The number of carbonyl (C=O) groups excluding carboxylic acids is 1. The number of Topliss-reactive ketones (excluding diaryl/α,β-unsaturated/α-hetero) is 1. The summed E-state index contributed by atoms with van der Waals surface area (Å²) >= 11 is -2.25. The zero-order valence-electron chi connectivity index (χ0n) is 10.2. The maximum absolute atomic E-state index is 12.3. The van der Waals surface area contributed by atoms with Crippen LogP contribution in [0.25, 0.3) is 17.0 Å².